The minimum absolute atomic E-state index is 0.00230. The number of nitrogens with zero attached hydrogens (tertiary/aromatic N) is 4. The number of imidazole rings is 1. The Morgan fingerprint density at radius 3 is 2.50 bits per heavy atom. The highest BCUT2D eigenvalue weighted by atomic mass is 32.2. The number of fused-ring (bicyclic) bond motifs is 1. The molecule has 2 N–H and O–H groups in total. The summed E-state index contributed by atoms with van der Waals surface area (Å²) in [5, 5.41) is 10.4. The number of rotatable bonds is 8. The van der Waals surface area contributed by atoms with Crippen LogP contribution in [0.25, 0.3) is 11.3 Å². The van der Waals surface area contributed by atoms with Gasteiger partial charge >= 0.3 is 0 Å². The van der Waals surface area contributed by atoms with Crippen LogP contribution in [0.4, 0.5) is 0 Å². The van der Waals surface area contributed by atoms with E-state index < -0.39 is 0 Å². The van der Waals surface area contributed by atoms with E-state index >= 15 is 0 Å². The van der Waals surface area contributed by atoms with Gasteiger partial charge in [-0.1, -0.05) is 6.92 Å². The molecule has 0 aliphatic heterocycles. The zero-order valence-electron chi connectivity index (χ0n) is 19.7. The van der Waals surface area contributed by atoms with Gasteiger partial charge in [-0.25, -0.2) is 9.67 Å². The van der Waals surface area contributed by atoms with Crippen molar-refractivity contribution in [1.82, 2.24) is 29.8 Å². The Hall–Kier alpha value is -3.59. The van der Waals surface area contributed by atoms with Gasteiger partial charge in [0.15, 0.2) is 5.65 Å². The molecule has 9 heteroatoms. The lowest BCUT2D eigenvalue weighted by Crippen LogP contribution is -2.31. The number of thioether (sulfide) groups is 1. The van der Waals surface area contributed by atoms with Gasteiger partial charge < -0.3 is 10.6 Å². The number of hydrogen-bond donors (Lipinski definition) is 2. The lowest BCUT2D eigenvalue weighted by atomic mass is 10.2. The second-order valence-electron chi connectivity index (χ2n) is 8.14. The number of amides is 2. The van der Waals surface area contributed by atoms with Gasteiger partial charge in [-0.3, -0.25) is 14.0 Å². The van der Waals surface area contributed by atoms with Crippen molar-refractivity contribution in [3.05, 3.63) is 77.5 Å². The predicted octanol–water partition coefficient (Wildman–Crippen LogP) is 3.87. The average molecular weight is 477 g/mol. The first kappa shape index (κ1) is 23.6. The molecule has 0 fully saturated rings. The Kier molecular flexibility index (Phi) is 7.02. The maximum atomic E-state index is 13.0. The summed E-state index contributed by atoms with van der Waals surface area (Å²) in [5.41, 5.74) is 3.69. The lowest BCUT2D eigenvalue weighted by Gasteiger charge is -2.10. The Balaban J connectivity index is 1.53. The highest BCUT2D eigenvalue weighted by molar-refractivity contribution is 7.98. The van der Waals surface area contributed by atoms with Crippen molar-refractivity contribution >= 4 is 29.2 Å². The Bertz CT molecular complexity index is 1320. The predicted molar refractivity (Wildman–Crippen MR) is 134 cm³/mol. The number of carbonyl (C=O) groups excluding carboxylic acids is 2. The molecular weight excluding hydrogens is 448 g/mol. The van der Waals surface area contributed by atoms with Gasteiger partial charge in [-0.15, -0.1) is 11.8 Å². The molecular formula is C25H28N6O2S. The fourth-order valence-electron chi connectivity index (χ4n) is 3.71. The van der Waals surface area contributed by atoms with Crippen molar-refractivity contribution in [3.63, 3.8) is 0 Å². The molecule has 0 bridgehead atoms. The summed E-state index contributed by atoms with van der Waals surface area (Å²) in [6.07, 6.45) is 6.26. The molecule has 4 rings (SSSR count). The Morgan fingerprint density at radius 1 is 1.06 bits per heavy atom. The standard InChI is InChI=1S/C25H28N6O2S/c1-5-21-22(25(33)27-16(2)3)30-13-6-7-20(23(30)28-21)24(32)26-15-17-12-14-31(29-17)18-8-10-19(34-4)11-9-18/h6-14,16H,5,15H2,1-4H3,(H,26,32)(H,27,33). The molecule has 0 saturated heterocycles. The van der Waals surface area contributed by atoms with Gasteiger partial charge in [-0.2, -0.15) is 5.10 Å². The zero-order valence-corrected chi connectivity index (χ0v) is 20.5. The SMILES string of the molecule is CCc1nc2c(C(=O)NCc3ccn(-c4ccc(SC)cc4)n3)cccn2c1C(=O)NC(C)C. The molecule has 34 heavy (non-hydrogen) atoms. The fourth-order valence-corrected chi connectivity index (χ4v) is 4.12. The van der Waals surface area contributed by atoms with Crippen molar-refractivity contribution in [2.24, 2.45) is 0 Å². The third kappa shape index (κ3) is 4.84. The van der Waals surface area contributed by atoms with Gasteiger partial charge in [0.25, 0.3) is 11.8 Å². The monoisotopic (exact) mass is 476 g/mol. The number of pyridine rings is 1. The van der Waals surface area contributed by atoms with E-state index in [2.05, 4.69) is 32.8 Å². The second kappa shape index (κ2) is 10.1. The summed E-state index contributed by atoms with van der Waals surface area (Å²) in [5.74, 6) is -0.471. The minimum atomic E-state index is -0.270. The van der Waals surface area contributed by atoms with Crippen LogP contribution in [0.5, 0.6) is 0 Å². The van der Waals surface area contributed by atoms with E-state index in [0.29, 0.717) is 29.0 Å². The smallest absolute Gasteiger partial charge is 0.270 e. The number of aryl methyl sites for hydroxylation is 1. The molecule has 3 aromatic heterocycles. The number of benzene rings is 1. The lowest BCUT2D eigenvalue weighted by molar-refractivity contribution is 0.0930. The van der Waals surface area contributed by atoms with Crippen LogP contribution >= 0.6 is 11.8 Å². The molecule has 8 nitrogen and oxygen atoms in total. The maximum absolute atomic E-state index is 13.0. The highest BCUT2D eigenvalue weighted by Crippen LogP contribution is 2.19. The number of aromatic nitrogens is 4. The summed E-state index contributed by atoms with van der Waals surface area (Å²) in [6, 6.07) is 13.5. The summed E-state index contributed by atoms with van der Waals surface area (Å²) in [6.45, 7) is 6.04. The second-order valence-corrected chi connectivity index (χ2v) is 9.02. The average Bonchev–Trinajstić information content (AvgIpc) is 3.46. The summed E-state index contributed by atoms with van der Waals surface area (Å²) in [4.78, 5) is 31.6. The van der Waals surface area contributed by atoms with Gasteiger partial charge in [-0.05, 0) is 69.0 Å². The van der Waals surface area contributed by atoms with Gasteiger partial charge in [0.05, 0.1) is 29.2 Å². The van der Waals surface area contributed by atoms with Crippen molar-refractivity contribution in [2.75, 3.05) is 6.26 Å². The summed E-state index contributed by atoms with van der Waals surface area (Å²) < 4.78 is 3.48. The quantitative estimate of drug-likeness (QED) is 0.377. The van der Waals surface area contributed by atoms with Crippen LogP contribution < -0.4 is 10.6 Å². The molecule has 2 amide bonds. The fraction of sp³-hybridized carbons (Fsp3) is 0.280. The molecule has 0 saturated carbocycles. The Morgan fingerprint density at radius 2 is 1.82 bits per heavy atom. The molecule has 0 atom stereocenters. The van der Waals surface area contributed by atoms with Crippen molar-refractivity contribution in [2.45, 2.75) is 44.7 Å². The van der Waals surface area contributed by atoms with Crippen LogP contribution in [0.1, 0.15) is 53.0 Å². The molecule has 0 radical (unpaired) electrons. The van der Waals surface area contributed by atoms with Gasteiger partial charge in [0, 0.05) is 23.3 Å². The first-order valence-electron chi connectivity index (χ1n) is 11.2. The molecule has 1 aromatic carbocycles. The van der Waals surface area contributed by atoms with E-state index in [1.165, 1.54) is 4.90 Å². The molecule has 176 valence electrons. The largest absolute Gasteiger partial charge is 0.349 e. The van der Waals surface area contributed by atoms with Crippen LogP contribution in [0.15, 0.2) is 59.8 Å². The van der Waals surface area contributed by atoms with Crippen molar-refractivity contribution in [1.29, 1.82) is 0 Å². The van der Waals surface area contributed by atoms with Crippen LogP contribution in [-0.4, -0.2) is 43.3 Å². The van der Waals surface area contributed by atoms with E-state index in [9.17, 15) is 9.59 Å². The molecule has 0 aliphatic rings. The van der Waals surface area contributed by atoms with Crippen LogP contribution in [0.3, 0.4) is 0 Å². The number of nitrogens with one attached hydrogen (secondary N) is 2. The van der Waals surface area contributed by atoms with E-state index in [4.69, 9.17) is 0 Å². The van der Waals surface area contributed by atoms with Crippen LogP contribution in [0, 0.1) is 0 Å². The normalized spacial score (nSPS) is 11.2. The maximum Gasteiger partial charge on any atom is 0.270 e. The van der Waals surface area contributed by atoms with E-state index in [0.717, 1.165) is 11.4 Å². The van der Waals surface area contributed by atoms with Gasteiger partial charge in [0.2, 0.25) is 0 Å². The highest BCUT2D eigenvalue weighted by Gasteiger charge is 2.22. The van der Waals surface area contributed by atoms with Crippen molar-refractivity contribution < 1.29 is 9.59 Å². The van der Waals surface area contributed by atoms with E-state index in [1.807, 2.05) is 51.4 Å². The summed E-state index contributed by atoms with van der Waals surface area (Å²) in [7, 11) is 0. The minimum Gasteiger partial charge on any atom is -0.349 e. The third-order valence-electron chi connectivity index (χ3n) is 5.35. The van der Waals surface area contributed by atoms with Crippen LogP contribution in [0.2, 0.25) is 0 Å². The number of carbonyl (C=O) groups is 2. The van der Waals surface area contributed by atoms with E-state index in [1.54, 1.807) is 39.2 Å². The Labute approximate surface area is 202 Å². The molecule has 0 spiro atoms. The topological polar surface area (TPSA) is 93.3 Å². The number of hydrogen-bond acceptors (Lipinski definition) is 5. The zero-order chi connectivity index (χ0) is 24.2. The first-order chi connectivity index (χ1) is 16.4. The van der Waals surface area contributed by atoms with E-state index in [-0.39, 0.29) is 24.4 Å². The molecule has 4 aromatic rings. The van der Waals surface area contributed by atoms with Crippen LogP contribution in [-0.2, 0) is 13.0 Å². The third-order valence-corrected chi connectivity index (χ3v) is 6.09. The first-order valence-corrected chi connectivity index (χ1v) is 12.4. The summed E-state index contributed by atoms with van der Waals surface area (Å²) >= 11 is 1.69. The van der Waals surface area contributed by atoms with Gasteiger partial charge in [0.1, 0.15) is 5.69 Å². The molecule has 0 unspecified atom stereocenters. The molecule has 0 aliphatic carbocycles. The van der Waals surface area contributed by atoms with Crippen molar-refractivity contribution in [3.8, 4) is 5.69 Å². The molecule has 3 heterocycles.